The van der Waals surface area contributed by atoms with Gasteiger partial charge in [-0.3, -0.25) is 4.79 Å². The van der Waals surface area contributed by atoms with E-state index in [0.717, 1.165) is 12.8 Å². The molecule has 2 aromatic heterocycles. The maximum Gasteiger partial charge on any atom is 0.306 e. The summed E-state index contributed by atoms with van der Waals surface area (Å²) < 4.78 is 9.24. The molecule has 0 atom stereocenters. The first-order valence-electron chi connectivity index (χ1n) is 2.95. The van der Waals surface area contributed by atoms with E-state index < -0.39 is 5.78 Å². The van der Waals surface area contributed by atoms with Crippen LogP contribution in [0.4, 0.5) is 0 Å². The summed E-state index contributed by atoms with van der Waals surface area (Å²) in [7, 11) is 0. The Labute approximate surface area is 65.4 Å². The highest BCUT2D eigenvalue weighted by Gasteiger charge is 2.19. The normalized spacial score (nSPS) is 10.0. The lowest BCUT2D eigenvalue weighted by Crippen LogP contribution is -2.02. The van der Waals surface area contributed by atoms with Gasteiger partial charge in [-0.15, -0.1) is 20.4 Å². The minimum absolute atomic E-state index is 0.167. The lowest BCUT2D eigenvalue weighted by molar-refractivity contribution is 0.0970. The van der Waals surface area contributed by atoms with E-state index in [1.165, 1.54) is 0 Å². The smallest absolute Gasteiger partial charge is 0.306 e. The molecule has 0 aliphatic rings. The Bertz CT molecular complexity index is 329. The number of carbonyl (C=O) groups excluding carboxylic acids is 1. The Balaban J connectivity index is 2.34. The van der Waals surface area contributed by atoms with Crippen molar-refractivity contribution in [2.75, 3.05) is 0 Å². The maximum atomic E-state index is 11.2. The van der Waals surface area contributed by atoms with E-state index in [9.17, 15) is 4.79 Å². The number of hydrogen-bond acceptors (Lipinski definition) is 7. The second-order valence-corrected chi connectivity index (χ2v) is 1.82. The first-order valence-corrected chi connectivity index (χ1v) is 2.95. The van der Waals surface area contributed by atoms with E-state index in [1.807, 2.05) is 0 Å². The molecule has 0 fully saturated rings. The second-order valence-electron chi connectivity index (χ2n) is 1.82. The van der Waals surface area contributed by atoms with E-state index in [4.69, 9.17) is 0 Å². The van der Waals surface area contributed by atoms with Crippen molar-refractivity contribution in [2.45, 2.75) is 0 Å². The first-order chi connectivity index (χ1) is 5.88. The van der Waals surface area contributed by atoms with E-state index in [1.54, 1.807) is 0 Å². The molecule has 7 nitrogen and oxygen atoms in total. The van der Waals surface area contributed by atoms with Crippen molar-refractivity contribution in [3.8, 4) is 0 Å². The Morgan fingerprint density at radius 3 is 1.92 bits per heavy atom. The van der Waals surface area contributed by atoms with Crippen molar-refractivity contribution in [1.29, 1.82) is 0 Å². The van der Waals surface area contributed by atoms with Crippen LogP contribution in [0.2, 0.25) is 0 Å². The molecular formula is C5H2N4O3. The van der Waals surface area contributed by atoms with Crippen LogP contribution in [0.25, 0.3) is 0 Å². The summed E-state index contributed by atoms with van der Waals surface area (Å²) in [4.78, 5) is 11.2. The largest absolute Gasteiger partial charge is 0.421 e. The van der Waals surface area contributed by atoms with Crippen LogP contribution in [0.1, 0.15) is 16.6 Å². The Hall–Kier alpha value is -2.05. The van der Waals surface area contributed by atoms with Gasteiger partial charge in [-0.05, 0) is 0 Å². The standard InChI is InChI=1S/C5H2N4O3/c10-3(4-8-6-1-11-4)5-9-7-2-12-5/h1-2H. The third-order valence-corrected chi connectivity index (χ3v) is 1.11. The fraction of sp³-hybridized carbons (Fsp3) is 0. The lowest BCUT2D eigenvalue weighted by Gasteiger charge is -1.83. The van der Waals surface area contributed by atoms with Gasteiger partial charge in [0.25, 0.3) is 11.8 Å². The predicted molar refractivity (Wildman–Crippen MR) is 32.0 cm³/mol. The van der Waals surface area contributed by atoms with Crippen molar-refractivity contribution in [3.05, 3.63) is 24.6 Å². The monoisotopic (exact) mass is 166 g/mol. The van der Waals surface area contributed by atoms with Gasteiger partial charge in [0, 0.05) is 0 Å². The molecule has 2 aromatic rings. The molecule has 0 bridgehead atoms. The molecule has 2 rings (SSSR count). The van der Waals surface area contributed by atoms with Crippen molar-refractivity contribution in [3.63, 3.8) is 0 Å². The number of carbonyl (C=O) groups is 1. The number of rotatable bonds is 2. The molecule has 0 aromatic carbocycles. The maximum absolute atomic E-state index is 11.2. The van der Waals surface area contributed by atoms with Gasteiger partial charge in [0.05, 0.1) is 0 Å². The van der Waals surface area contributed by atoms with Crippen molar-refractivity contribution in [2.24, 2.45) is 0 Å². The van der Waals surface area contributed by atoms with Gasteiger partial charge in [-0.1, -0.05) is 0 Å². The van der Waals surface area contributed by atoms with Gasteiger partial charge >= 0.3 is 5.78 Å². The molecule has 0 aliphatic heterocycles. The van der Waals surface area contributed by atoms with Crippen LogP contribution < -0.4 is 0 Å². The van der Waals surface area contributed by atoms with Crippen LogP contribution >= 0.6 is 0 Å². The fourth-order valence-corrected chi connectivity index (χ4v) is 0.635. The minimum Gasteiger partial charge on any atom is -0.421 e. The van der Waals surface area contributed by atoms with Gasteiger partial charge in [0.15, 0.2) is 0 Å². The van der Waals surface area contributed by atoms with E-state index >= 15 is 0 Å². The number of ketones is 1. The molecule has 60 valence electrons. The number of hydrogen-bond donors (Lipinski definition) is 0. The van der Waals surface area contributed by atoms with Gasteiger partial charge in [0.1, 0.15) is 0 Å². The average Bonchev–Trinajstić information content (AvgIpc) is 2.77. The first kappa shape index (κ1) is 6.65. The molecule has 12 heavy (non-hydrogen) atoms. The van der Waals surface area contributed by atoms with Crippen molar-refractivity contribution < 1.29 is 13.6 Å². The number of aromatic nitrogens is 4. The fourth-order valence-electron chi connectivity index (χ4n) is 0.635. The van der Waals surface area contributed by atoms with Gasteiger partial charge in [-0.2, -0.15) is 0 Å². The molecule has 0 radical (unpaired) electrons. The summed E-state index contributed by atoms with van der Waals surface area (Å²) in [5, 5.41) is 13.4. The van der Waals surface area contributed by atoms with Crippen LogP contribution in [0.3, 0.4) is 0 Å². The third kappa shape index (κ3) is 0.965. The minimum atomic E-state index is -0.579. The molecule has 0 N–H and O–H groups in total. The quantitative estimate of drug-likeness (QED) is 0.564. The summed E-state index contributed by atoms with van der Waals surface area (Å²) in [5.41, 5.74) is 0. The molecule has 0 amide bonds. The van der Waals surface area contributed by atoms with E-state index in [-0.39, 0.29) is 11.8 Å². The molecular weight excluding hydrogens is 164 g/mol. The van der Waals surface area contributed by atoms with Crippen molar-refractivity contribution in [1.82, 2.24) is 20.4 Å². The zero-order valence-electron chi connectivity index (χ0n) is 5.67. The van der Waals surface area contributed by atoms with E-state index in [0.29, 0.717) is 0 Å². The summed E-state index contributed by atoms with van der Waals surface area (Å²) in [5.74, 6) is -0.913. The zero-order valence-corrected chi connectivity index (χ0v) is 5.67. The molecule has 2 heterocycles. The summed E-state index contributed by atoms with van der Waals surface area (Å²) in [6.07, 6.45) is 2.09. The Morgan fingerprint density at radius 1 is 1.08 bits per heavy atom. The van der Waals surface area contributed by atoms with Gasteiger partial charge in [0.2, 0.25) is 12.8 Å². The third-order valence-electron chi connectivity index (χ3n) is 1.11. The Morgan fingerprint density at radius 2 is 1.58 bits per heavy atom. The van der Waals surface area contributed by atoms with Crippen LogP contribution in [0, 0.1) is 0 Å². The summed E-state index contributed by atoms with van der Waals surface area (Å²) in [6.45, 7) is 0. The SMILES string of the molecule is O=C(c1nnco1)c1nnco1. The summed E-state index contributed by atoms with van der Waals surface area (Å²) in [6, 6.07) is 0. The topological polar surface area (TPSA) is 94.9 Å². The summed E-state index contributed by atoms with van der Waals surface area (Å²) >= 11 is 0. The van der Waals surface area contributed by atoms with Crippen LogP contribution in [0.5, 0.6) is 0 Å². The molecule has 0 unspecified atom stereocenters. The molecule has 0 aliphatic carbocycles. The molecule has 0 spiro atoms. The number of nitrogens with zero attached hydrogens (tertiary/aromatic N) is 4. The van der Waals surface area contributed by atoms with Gasteiger partial charge < -0.3 is 8.83 Å². The highest BCUT2D eigenvalue weighted by molar-refractivity contribution is 6.02. The predicted octanol–water partition coefficient (Wildman–Crippen LogP) is -0.316. The van der Waals surface area contributed by atoms with E-state index in [2.05, 4.69) is 29.2 Å². The molecule has 7 heteroatoms. The second kappa shape index (κ2) is 2.53. The van der Waals surface area contributed by atoms with Crippen LogP contribution in [0.15, 0.2) is 21.6 Å². The Kier molecular flexibility index (Phi) is 1.40. The van der Waals surface area contributed by atoms with Crippen LogP contribution in [-0.2, 0) is 0 Å². The molecule has 0 saturated heterocycles. The highest BCUT2D eigenvalue weighted by Crippen LogP contribution is 2.01. The molecule has 0 saturated carbocycles. The zero-order chi connectivity index (χ0) is 8.39. The van der Waals surface area contributed by atoms with Crippen molar-refractivity contribution >= 4 is 5.78 Å². The van der Waals surface area contributed by atoms with Crippen LogP contribution in [-0.4, -0.2) is 26.2 Å². The lowest BCUT2D eigenvalue weighted by atomic mass is 10.4. The highest BCUT2D eigenvalue weighted by atomic mass is 16.4. The average molecular weight is 166 g/mol. The van der Waals surface area contributed by atoms with Gasteiger partial charge in [-0.25, -0.2) is 0 Å².